The summed E-state index contributed by atoms with van der Waals surface area (Å²) in [6.07, 6.45) is 2.28. The van der Waals surface area contributed by atoms with Crippen LogP contribution in [-0.4, -0.2) is 30.0 Å². The molecule has 2 unspecified atom stereocenters. The van der Waals surface area contributed by atoms with Gasteiger partial charge in [-0.05, 0) is 41.0 Å². The fraction of sp³-hybridized carbons (Fsp3) is 0.409. The van der Waals surface area contributed by atoms with E-state index in [0.29, 0.717) is 6.61 Å². The fourth-order valence-electron chi connectivity index (χ4n) is 4.37. The first-order chi connectivity index (χ1) is 12.6. The van der Waals surface area contributed by atoms with Gasteiger partial charge in [-0.15, -0.1) is 0 Å². The fourth-order valence-corrected chi connectivity index (χ4v) is 4.37. The predicted octanol–water partition coefficient (Wildman–Crippen LogP) is 4.08. The molecule has 4 rings (SSSR count). The summed E-state index contributed by atoms with van der Waals surface area (Å²) in [6, 6.07) is 16.6. The molecule has 0 aromatic heterocycles. The maximum atomic E-state index is 12.2. The third-order valence-corrected chi connectivity index (χ3v) is 6.05. The van der Waals surface area contributed by atoms with Crippen molar-refractivity contribution in [2.75, 3.05) is 13.2 Å². The van der Waals surface area contributed by atoms with Gasteiger partial charge in [0.25, 0.3) is 0 Å². The molecule has 0 spiro atoms. The second-order valence-corrected chi connectivity index (χ2v) is 7.58. The lowest BCUT2D eigenvalue weighted by molar-refractivity contribution is 0.00921. The average molecular weight is 351 g/mol. The summed E-state index contributed by atoms with van der Waals surface area (Å²) in [5.41, 5.74) is 4.03. The van der Waals surface area contributed by atoms with Crippen molar-refractivity contribution < 1.29 is 14.6 Å². The third-order valence-electron chi connectivity index (χ3n) is 6.05. The highest BCUT2D eigenvalue weighted by Crippen LogP contribution is 2.44. The van der Waals surface area contributed by atoms with Gasteiger partial charge in [-0.25, -0.2) is 4.79 Å². The molecule has 0 radical (unpaired) electrons. The maximum absolute atomic E-state index is 12.2. The van der Waals surface area contributed by atoms with Crippen LogP contribution in [0.2, 0.25) is 0 Å². The Morgan fingerprint density at radius 1 is 1.15 bits per heavy atom. The summed E-state index contributed by atoms with van der Waals surface area (Å²) in [4.78, 5) is 12.2. The lowest BCUT2D eigenvalue weighted by Gasteiger charge is -2.27. The van der Waals surface area contributed by atoms with Crippen LogP contribution in [0.3, 0.4) is 0 Å². The molecule has 1 saturated carbocycles. The molecule has 4 heteroatoms. The summed E-state index contributed by atoms with van der Waals surface area (Å²) >= 11 is 0. The van der Waals surface area contributed by atoms with Gasteiger partial charge in [-0.3, -0.25) is 0 Å². The van der Waals surface area contributed by atoms with Crippen molar-refractivity contribution >= 4 is 6.09 Å². The van der Waals surface area contributed by atoms with Crippen LogP contribution in [0.15, 0.2) is 48.5 Å². The molecule has 2 aromatic carbocycles. The highest BCUT2D eigenvalue weighted by molar-refractivity contribution is 5.79. The van der Waals surface area contributed by atoms with Crippen molar-refractivity contribution in [2.45, 2.75) is 37.7 Å². The standard InChI is InChI=1S/C22H25NO3/c1-15-7-6-12-22(15,25)14-23-21(24)26-13-20-18-10-4-2-8-16(18)17-9-3-5-11-19(17)20/h2-5,8-11,15,20,25H,6-7,12-14H2,1H3,(H,23,24). The van der Waals surface area contributed by atoms with Crippen molar-refractivity contribution in [2.24, 2.45) is 5.92 Å². The lowest BCUT2D eigenvalue weighted by atomic mass is 9.92. The first kappa shape index (κ1) is 17.1. The Labute approximate surface area is 154 Å². The molecule has 0 bridgehead atoms. The van der Waals surface area contributed by atoms with Gasteiger partial charge in [0.05, 0.1) is 5.60 Å². The first-order valence-electron chi connectivity index (χ1n) is 9.40. The molecule has 136 valence electrons. The molecular formula is C22H25NO3. The van der Waals surface area contributed by atoms with Crippen LogP contribution in [-0.2, 0) is 4.74 Å². The molecule has 0 aliphatic heterocycles. The van der Waals surface area contributed by atoms with E-state index in [9.17, 15) is 9.90 Å². The summed E-state index contributed by atoms with van der Waals surface area (Å²) < 4.78 is 5.52. The normalized spacial score (nSPS) is 24.2. The third kappa shape index (κ3) is 2.99. The Hall–Kier alpha value is -2.33. The molecular weight excluding hydrogens is 326 g/mol. The van der Waals surface area contributed by atoms with Crippen LogP contribution in [0.1, 0.15) is 43.2 Å². The Bertz CT molecular complexity index is 773. The lowest BCUT2D eigenvalue weighted by Crippen LogP contribution is -2.45. The zero-order valence-corrected chi connectivity index (χ0v) is 15.1. The SMILES string of the molecule is CC1CCCC1(O)CNC(=O)OCC1c2ccccc2-c2ccccc21. The number of benzene rings is 2. The number of fused-ring (bicyclic) bond motifs is 3. The number of hydrogen-bond acceptors (Lipinski definition) is 3. The smallest absolute Gasteiger partial charge is 0.407 e. The van der Waals surface area contributed by atoms with E-state index in [0.717, 1.165) is 19.3 Å². The number of carbonyl (C=O) groups excluding carboxylic acids is 1. The van der Waals surface area contributed by atoms with Gasteiger partial charge in [0.2, 0.25) is 0 Å². The number of rotatable bonds is 4. The van der Waals surface area contributed by atoms with Gasteiger partial charge < -0.3 is 15.2 Å². The largest absolute Gasteiger partial charge is 0.449 e. The van der Waals surface area contributed by atoms with E-state index in [1.807, 2.05) is 31.2 Å². The Kier molecular flexibility index (Phi) is 4.45. The number of amides is 1. The monoisotopic (exact) mass is 351 g/mol. The van der Waals surface area contributed by atoms with E-state index < -0.39 is 11.7 Å². The maximum Gasteiger partial charge on any atom is 0.407 e. The summed E-state index contributed by atoms with van der Waals surface area (Å²) in [6.45, 7) is 2.59. The molecule has 1 fully saturated rings. The van der Waals surface area contributed by atoms with E-state index in [1.165, 1.54) is 22.3 Å². The Morgan fingerprint density at radius 2 is 1.77 bits per heavy atom. The first-order valence-corrected chi connectivity index (χ1v) is 9.40. The molecule has 2 N–H and O–H groups in total. The quantitative estimate of drug-likeness (QED) is 0.873. The number of ether oxygens (including phenoxy) is 1. The van der Waals surface area contributed by atoms with Crippen LogP contribution in [0.5, 0.6) is 0 Å². The predicted molar refractivity (Wildman–Crippen MR) is 101 cm³/mol. The van der Waals surface area contributed by atoms with Crippen molar-refractivity contribution in [3.63, 3.8) is 0 Å². The molecule has 2 aliphatic rings. The topological polar surface area (TPSA) is 58.6 Å². The molecule has 2 aromatic rings. The molecule has 4 nitrogen and oxygen atoms in total. The van der Waals surface area contributed by atoms with E-state index in [4.69, 9.17) is 4.74 Å². The molecule has 26 heavy (non-hydrogen) atoms. The molecule has 2 aliphatic carbocycles. The zero-order valence-electron chi connectivity index (χ0n) is 15.1. The summed E-state index contributed by atoms with van der Waals surface area (Å²) in [5, 5.41) is 13.3. The summed E-state index contributed by atoms with van der Waals surface area (Å²) in [5.74, 6) is 0.262. The minimum atomic E-state index is -0.800. The Balaban J connectivity index is 1.41. The van der Waals surface area contributed by atoms with E-state index in [2.05, 4.69) is 29.6 Å². The van der Waals surface area contributed by atoms with Gasteiger partial charge in [0.1, 0.15) is 6.61 Å². The minimum Gasteiger partial charge on any atom is -0.449 e. The van der Waals surface area contributed by atoms with Gasteiger partial charge in [0.15, 0.2) is 0 Å². The van der Waals surface area contributed by atoms with Crippen LogP contribution in [0.4, 0.5) is 4.79 Å². The van der Waals surface area contributed by atoms with Crippen molar-refractivity contribution in [3.05, 3.63) is 59.7 Å². The highest BCUT2D eigenvalue weighted by atomic mass is 16.5. The van der Waals surface area contributed by atoms with Crippen molar-refractivity contribution in [3.8, 4) is 11.1 Å². The van der Waals surface area contributed by atoms with Crippen LogP contribution in [0.25, 0.3) is 11.1 Å². The Morgan fingerprint density at radius 3 is 2.35 bits per heavy atom. The number of hydrogen-bond donors (Lipinski definition) is 2. The van der Waals surface area contributed by atoms with Gasteiger partial charge in [-0.1, -0.05) is 61.9 Å². The van der Waals surface area contributed by atoms with Crippen molar-refractivity contribution in [1.29, 1.82) is 0 Å². The van der Waals surface area contributed by atoms with E-state index >= 15 is 0 Å². The molecule has 1 amide bonds. The second kappa shape index (κ2) is 6.76. The zero-order chi connectivity index (χ0) is 18.1. The van der Waals surface area contributed by atoms with E-state index in [-0.39, 0.29) is 18.4 Å². The van der Waals surface area contributed by atoms with Gasteiger partial charge >= 0.3 is 6.09 Å². The number of alkyl carbamates (subject to hydrolysis) is 1. The second-order valence-electron chi connectivity index (χ2n) is 7.58. The highest BCUT2D eigenvalue weighted by Gasteiger charge is 2.38. The van der Waals surface area contributed by atoms with Crippen LogP contribution >= 0.6 is 0 Å². The number of aliphatic hydroxyl groups is 1. The molecule has 2 atom stereocenters. The van der Waals surface area contributed by atoms with Crippen LogP contribution < -0.4 is 5.32 Å². The summed E-state index contributed by atoms with van der Waals surface area (Å²) in [7, 11) is 0. The minimum absolute atomic E-state index is 0.0571. The molecule has 0 saturated heterocycles. The molecule has 0 heterocycles. The van der Waals surface area contributed by atoms with Gasteiger partial charge in [-0.2, -0.15) is 0 Å². The van der Waals surface area contributed by atoms with E-state index in [1.54, 1.807) is 0 Å². The average Bonchev–Trinajstić information content (AvgIpc) is 3.16. The van der Waals surface area contributed by atoms with Crippen LogP contribution in [0, 0.1) is 5.92 Å². The number of nitrogens with one attached hydrogen (secondary N) is 1. The van der Waals surface area contributed by atoms with Gasteiger partial charge in [0, 0.05) is 12.5 Å². The van der Waals surface area contributed by atoms with Crippen molar-refractivity contribution in [1.82, 2.24) is 5.32 Å². The number of carbonyl (C=O) groups is 1.